The Bertz CT molecular complexity index is 1250. The van der Waals surface area contributed by atoms with Gasteiger partial charge < -0.3 is 14.8 Å². The van der Waals surface area contributed by atoms with Crippen molar-refractivity contribution in [1.82, 2.24) is 10.3 Å². The van der Waals surface area contributed by atoms with Gasteiger partial charge in [0.1, 0.15) is 0 Å². The summed E-state index contributed by atoms with van der Waals surface area (Å²) in [6.07, 6.45) is 0.680. The third kappa shape index (κ3) is 4.57. The molecule has 0 aliphatic heterocycles. The van der Waals surface area contributed by atoms with Crippen molar-refractivity contribution in [2.75, 3.05) is 20.8 Å². The fraction of sp³-hybridized carbons (Fsp3) is 0.185. The minimum atomic E-state index is -0.111. The lowest BCUT2D eigenvalue weighted by atomic mass is 10.0. The van der Waals surface area contributed by atoms with Crippen molar-refractivity contribution in [3.05, 3.63) is 89.5 Å². The Kier molecular flexibility index (Phi) is 6.36. The number of carbonyl (C=O) groups excluding carboxylic acids is 1. The van der Waals surface area contributed by atoms with Crippen LogP contribution < -0.4 is 14.8 Å². The first-order valence-corrected chi connectivity index (χ1v) is 10.5. The lowest BCUT2D eigenvalue weighted by Gasteiger charge is -2.12. The number of pyridine rings is 1. The van der Waals surface area contributed by atoms with E-state index in [1.807, 2.05) is 79.7 Å². The number of nitrogens with zero attached hydrogens (tertiary/aromatic N) is 1. The second-order valence-electron chi connectivity index (χ2n) is 7.64. The zero-order chi connectivity index (χ0) is 22.5. The Hall–Kier alpha value is -3.86. The Labute approximate surface area is 188 Å². The predicted molar refractivity (Wildman–Crippen MR) is 127 cm³/mol. The Morgan fingerprint density at radius 3 is 2.44 bits per heavy atom. The monoisotopic (exact) mass is 426 g/mol. The van der Waals surface area contributed by atoms with Gasteiger partial charge in [-0.3, -0.25) is 4.79 Å². The Morgan fingerprint density at radius 1 is 0.906 bits per heavy atom. The fourth-order valence-electron chi connectivity index (χ4n) is 3.74. The number of aromatic nitrogens is 1. The summed E-state index contributed by atoms with van der Waals surface area (Å²) in [6.45, 7) is 2.52. The van der Waals surface area contributed by atoms with Crippen molar-refractivity contribution in [2.24, 2.45) is 0 Å². The minimum Gasteiger partial charge on any atom is -0.493 e. The average molecular weight is 427 g/mol. The molecule has 4 rings (SSSR count). The second kappa shape index (κ2) is 9.52. The minimum absolute atomic E-state index is 0.111. The van der Waals surface area contributed by atoms with E-state index in [9.17, 15) is 4.79 Å². The SMILES string of the molecule is COc1ccc(CCNC(=O)c2cc(-c3ccccc3)nc3ccc(C)cc23)cc1OC. The molecule has 5 nitrogen and oxygen atoms in total. The highest BCUT2D eigenvalue weighted by Gasteiger charge is 2.14. The predicted octanol–water partition coefficient (Wildman–Crippen LogP) is 5.20. The molecular weight excluding hydrogens is 400 g/mol. The van der Waals surface area contributed by atoms with Gasteiger partial charge in [0.05, 0.1) is 31.0 Å². The summed E-state index contributed by atoms with van der Waals surface area (Å²) >= 11 is 0. The van der Waals surface area contributed by atoms with Gasteiger partial charge >= 0.3 is 0 Å². The number of rotatable bonds is 7. The number of hydrogen-bond acceptors (Lipinski definition) is 4. The van der Waals surface area contributed by atoms with Crippen molar-refractivity contribution in [3.63, 3.8) is 0 Å². The van der Waals surface area contributed by atoms with Gasteiger partial charge in [-0.05, 0) is 49.2 Å². The lowest BCUT2D eigenvalue weighted by Crippen LogP contribution is -2.26. The molecule has 0 saturated carbocycles. The van der Waals surface area contributed by atoms with E-state index in [-0.39, 0.29) is 5.91 Å². The fourth-order valence-corrected chi connectivity index (χ4v) is 3.74. The van der Waals surface area contributed by atoms with E-state index in [2.05, 4.69) is 5.32 Å². The Balaban J connectivity index is 1.58. The molecule has 0 unspecified atom stereocenters. The van der Waals surface area contributed by atoms with Crippen molar-refractivity contribution < 1.29 is 14.3 Å². The van der Waals surface area contributed by atoms with Gasteiger partial charge in [-0.2, -0.15) is 0 Å². The van der Waals surface area contributed by atoms with E-state index in [0.29, 0.717) is 30.0 Å². The number of aryl methyl sites for hydroxylation is 1. The van der Waals surface area contributed by atoms with Gasteiger partial charge in [0.15, 0.2) is 11.5 Å². The topological polar surface area (TPSA) is 60.5 Å². The quantitative estimate of drug-likeness (QED) is 0.441. The molecule has 5 heteroatoms. The molecule has 0 bridgehead atoms. The van der Waals surface area contributed by atoms with Crippen LogP contribution in [0.2, 0.25) is 0 Å². The van der Waals surface area contributed by atoms with E-state index < -0.39 is 0 Å². The molecule has 162 valence electrons. The average Bonchev–Trinajstić information content (AvgIpc) is 2.83. The molecule has 0 aliphatic carbocycles. The standard InChI is InChI=1S/C27H26N2O3/c1-18-9-11-23-21(15-18)22(17-24(29-23)20-7-5-4-6-8-20)27(30)28-14-13-19-10-12-25(31-2)26(16-19)32-3/h4-12,15-17H,13-14H2,1-3H3,(H,28,30). The van der Waals surface area contributed by atoms with E-state index >= 15 is 0 Å². The van der Waals surface area contributed by atoms with Crippen LogP contribution in [-0.2, 0) is 6.42 Å². The highest BCUT2D eigenvalue weighted by Crippen LogP contribution is 2.28. The second-order valence-corrected chi connectivity index (χ2v) is 7.64. The zero-order valence-corrected chi connectivity index (χ0v) is 18.5. The van der Waals surface area contributed by atoms with Gasteiger partial charge in [-0.25, -0.2) is 4.98 Å². The number of carbonyl (C=O) groups is 1. The van der Waals surface area contributed by atoms with E-state index in [1.165, 1.54) is 0 Å². The molecule has 0 radical (unpaired) electrons. The van der Waals surface area contributed by atoms with Crippen molar-refractivity contribution in [3.8, 4) is 22.8 Å². The molecule has 32 heavy (non-hydrogen) atoms. The number of methoxy groups -OCH3 is 2. The van der Waals surface area contributed by atoms with Crippen LogP contribution in [0.5, 0.6) is 11.5 Å². The van der Waals surface area contributed by atoms with Crippen LogP contribution in [0.1, 0.15) is 21.5 Å². The van der Waals surface area contributed by atoms with Crippen LogP contribution in [-0.4, -0.2) is 31.7 Å². The van der Waals surface area contributed by atoms with E-state index in [1.54, 1.807) is 14.2 Å². The van der Waals surface area contributed by atoms with Crippen LogP contribution in [0.4, 0.5) is 0 Å². The summed E-state index contributed by atoms with van der Waals surface area (Å²) in [4.78, 5) is 18.0. The van der Waals surface area contributed by atoms with Crippen LogP contribution in [0.25, 0.3) is 22.2 Å². The molecule has 1 aromatic heterocycles. The molecule has 4 aromatic rings. The largest absolute Gasteiger partial charge is 0.493 e. The normalized spacial score (nSPS) is 10.7. The summed E-state index contributed by atoms with van der Waals surface area (Å²) < 4.78 is 10.7. The molecule has 0 atom stereocenters. The molecular formula is C27H26N2O3. The van der Waals surface area contributed by atoms with Crippen LogP contribution in [0.3, 0.4) is 0 Å². The van der Waals surface area contributed by atoms with Gasteiger partial charge in [0, 0.05) is 17.5 Å². The van der Waals surface area contributed by atoms with Crippen molar-refractivity contribution in [1.29, 1.82) is 0 Å². The molecule has 1 amide bonds. The summed E-state index contributed by atoms with van der Waals surface area (Å²) in [5, 5.41) is 3.92. The summed E-state index contributed by atoms with van der Waals surface area (Å²) in [5.41, 5.74) is 5.35. The Morgan fingerprint density at radius 2 is 1.69 bits per heavy atom. The van der Waals surface area contributed by atoms with E-state index in [0.717, 1.165) is 33.3 Å². The molecule has 3 aromatic carbocycles. The van der Waals surface area contributed by atoms with Crippen LogP contribution >= 0.6 is 0 Å². The molecule has 0 saturated heterocycles. The molecule has 0 fully saturated rings. The van der Waals surface area contributed by atoms with Gasteiger partial charge in [-0.1, -0.05) is 48.0 Å². The van der Waals surface area contributed by atoms with Crippen molar-refractivity contribution in [2.45, 2.75) is 13.3 Å². The van der Waals surface area contributed by atoms with E-state index in [4.69, 9.17) is 14.5 Å². The first-order valence-electron chi connectivity index (χ1n) is 10.5. The number of hydrogen-bond donors (Lipinski definition) is 1. The van der Waals surface area contributed by atoms with Crippen molar-refractivity contribution >= 4 is 16.8 Å². The molecule has 0 spiro atoms. The maximum Gasteiger partial charge on any atom is 0.252 e. The number of nitrogens with one attached hydrogen (secondary N) is 1. The molecule has 1 N–H and O–H groups in total. The maximum absolute atomic E-state index is 13.2. The number of amides is 1. The van der Waals surface area contributed by atoms with Gasteiger partial charge in [0.25, 0.3) is 5.91 Å². The van der Waals surface area contributed by atoms with Crippen LogP contribution in [0.15, 0.2) is 72.8 Å². The number of benzene rings is 3. The van der Waals surface area contributed by atoms with Gasteiger partial charge in [-0.15, -0.1) is 0 Å². The number of fused-ring (bicyclic) bond motifs is 1. The molecule has 1 heterocycles. The lowest BCUT2D eigenvalue weighted by molar-refractivity contribution is 0.0955. The first kappa shape index (κ1) is 21.4. The highest BCUT2D eigenvalue weighted by atomic mass is 16.5. The summed E-state index contributed by atoms with van der Waals surface area (Å²) in [6, 6.07) is 23.6. The zero-order valence-electron chi connectivity index (χ0n) is 18.5. The number of ether oxygens (including phenoxy) is 2. The van der Waals surface area contributed by atoms with Gasteiger partial charge in [0.2, 0.25) is 0 Å². The highest BCUT2D eigenvalue weighted by molar-refractivity contribution is 6.07. The first-order chi connectivity index (χ1) is 15.6. The summed E-state index contributed by atoms with van der Waals surface area (Å²) in [5.74, 6) is 1.26. The smallest absolute Gasteiger partial charge is 0.252 e. The summed E-state index contributed by atoms with van der Waals surface area (Å²) in [7, 11) is 3.23. The maximum atomic E-state index is 13.2. The van der Waals surface area contributed by atoms with Crippen LogP contribution in [0, 0.1) is 6.92 Å². The molecule has 0 aliphatic rings. The third-order valence-corrected chi connectivity index (χ3v) is 5.43. The third-order valence-electron chi connectivity index (χ3n) is 5.43.